The van der Waals surface area contributed by atoms with Crippen molar-refractivity contribution in [3.63, 3.8) is 0 Å². The second-order valence-electron chi connectivity index (χ2n) is 4.65. The van der Waals surface area contributed by atoms with E-state index < -0.39 is 24.4 Å². The molecule has 1 rings (SSSR count). The number of nitrogens with zero attached hydrogens (tertiary/aromatic N) is 1. The summed E-state index contributed by atoms with van der Waals surface area (Å²) in [6.07, 6.45) is -3.33. The van der Waals surface area contributed by atoms with Crippen molar-refractivity contribution in [1.82, 2.24) is 4.90 Å². The maximum absolute atomic E-state index is 13.2. The van der Waals surface area contributed by atoms with E-state index in [9.17, 15) is 22.4 Å². The Morgan fingerprint density at radius 1 is 1.30 bits per heavy atom. The Balaban J connectivity index is 2.99. The number of alkyl halides is 3. The molecule has 1 amide bonds. The standard InChI is InChI=1S/C14H17F4NO/c1-3-4-7-19(9-14(16,17)18)13(20)12-8-11(15)6-5-10(12)2/h5-6,8H,3-4,7,9H2,1-2H3. The third kappa shape index (κ3) is 4.83. The van der Waals surface area contributed by atoms with Crippen molar-refractivity contribution in [3.05, 3.63) is 35.1 Å². The first-order valence-corrected chi connectivity index (χ1v) is 6.36. The predicted molar refractivity (Wildman–Crippen MR) is 68.0 cm³/mol. The number of aryl methyl sites for hydroxylation is 1. The quantitative estimate of drug-likeness (QED) is 0.752. The molecular weight excluding hydrogens is 274 g/mol. The summed E-state index contributed by atoms with van der Waals surface area (Å²) >= 11 is 0. The first-order valence-electron chi connectivity index (χ1n) is 6.36. The van der Waals surface area contributed by atoms with Crippen LogP contribution in [0, 0.1) is 12.7 Å². The number of carbonyl (C=O) groups is 1. The summed E-state index contributed by atoms with van der Waals surface area (Å²) in [6.45, 7) is 2.08. The molecule has 0 aliphatic heterocycles. The molecule has 0 radical (unpaired) electrons. The van der Waals surface area contributed by atoms with Crippen molar-refractivity contribution in [3.8, 4) is 0 Å². The van der Waals surface area contributed by atoms with Crippen molar-refractivity contribution < 1.29 is 22.4 Å². The molecule has 20 heavy (non-hydrogen) atoms. The van der Waals surface area contributed by atoms with E-state index in [0.717, 1.165) is 11.0 Å². The van der Waals surface area contributed by atoms with Gasteiger partial charge in [-0.05, 0) is 31.0 Å². The molecule has 0 spiro atoms. The largest absolute Gasteiger partial charge is 0.406 e. The van der Waals surface area contributed by atoms with Gasteiger partial charge in [0.25, 0.3) is 5.91 Å². The Morgan fingerprint density at radius 3 is 2.50 bits per heavy atom. The highest BCUT2D eigenvalue weighted by Gasteiger charge is 2.33. The third-order valence-corrected chi connectivity index (χ3v) is 2.87. The summed E-state index contributed by atoms with van der Waals surface area (Å²) in [5.74, 6) is -1.42. The molecule has 2 nitrogen and oxygen atoms in total. The van der Waals surface area contributed by atoms with Gasteiger partial charge in [-0.3, -0.25) is 4.79 Å². The summed E-state index contributed by atoms with van der Waals surface area (Å²) in [4.78, 5) is 12.9. The number of hydrogen-bond donors (Lipinski definition) is 0. The number of hydrogen-bond acceptors (Lipinski definition) is 1. The molecule has 1 aromatic carbocycles. The number of rotatable bonds is 5. The topological polar surface area (TPSA) is 20.3 Å². The Bertz CT molecular complexity index is 471. The molecule has 0 aromatic heterocycles. The van der Waals surface area contributed by atoms with Crippen molar-refractivity contribution in [2.24, 2.45) is 0 Å². The zero-order chi connectivity index (χ0) is 15.3. The highest BCUT2D eigenvalue weighted by molar-refractivity contribution is 5.95. The van der Waals surface area contributed by atoms with Gasteiger partial charge in [-0.15, -0.1) is 0 Å². The second-order valence-corrected chi connectivity index (χ2v) is 4.65. The summed E-state index contributed by atoms with van der Waals surface area (Å²) in [5.41, 5.74) is 0.436. The molecule has 0 atom stereocenters. The van der Waals surface area contributed by atoms with E-state index in [-0.39, 0.29) is 12.1 Å². The van der Waals surface area contributed by atoms with Crippen molar-refractivity contribution in [1.29, 1.82) is 0 Å². The minimum absolute atomic E-state index is 0.00476. The lowest BCUT2D eigenvalue weighted by molar-refractivity contribution is -0.140. The van der Waals surface area contributed by atoms with Crippen LogP contribution in [0.25, 0.3) is 0 Å². The normalized spacial score (nSPS) is 11.5. The van der Waals surface area contributed by atoms with Crippen molar-refractivity contribution in [2.75, 3.05) is 13.1 Å². The average Bonchev–Trinajstić information content (AvgIpc) is 2.35. The van der Waals surface area contributed by atoms with Gasteiger partial charge in [-0.25, -0.2) is 4.39 Å². The maximum atomic E-state index is 13.2. The van der Waals surface area contributed by atoms with Crippen molar-refractivity contribution >= 4 is 5.91 Å². The van der Waals surface area contributed by atoms with Crippen LogP contribution in [0.15, 0.2) is 18.2 Å². The van der Waals surface area contributed by atoms with Crippen LogP contribution in [0.4, 0.5) is 17.6 Å². The summed E-state index contributed by atoms with van der Waals surface area (Å²) in [7, 11) is 0. The first-order chi connectivity index (χ1) is 9.24. The summed E-state index contributed by atoms with van der Waals surface area (Å²) in [6, 6.07) is 3.54. The predicted octanol–water partition coefficient (Wildman–Crippen LogP) is 3.94. The van der Waals surface area contributed by atoms with Gasteiger partial charge in [0.1, 0.15) is 12.4 Å². The lowest BCUT2D eigenvalue weighted by atomic mass is 10.1. The lowest BCUT2D eigenvalue weighted by Gasteiger charge is -2.24. The van der Waals surface area contributed by atoms with Crippen LogP contribution < -0.4 is 0 Å². The minimum Gasteiger partial charge on any atom is -0.330 e. The van der Waals surface area contributed by atoms with Crippen LogP contribution in [-0.2, 0) is 0 Å². The SMILES string of the molecule is CCCCN(CC(F)(F)F)C(=O)c1cc(F)ccc1C. The van der Waals surface area contributed by atoms with Crippen LogP contribution >= 0.6 is 0 Å². The van der Waals surface area contributed by atoms with E-state index in [1.165, 1.54) is 12.1 Å². The average molecular weight is 291 g/mol. The Kier molecular flexibility index (Phi) is 5.53. The smallest absolute Gasteiger partial charge is 0.330 e. The Labute approximate surface area is 115 Å². The van der Waals surface area contributed by atoms with Crippen LogP contribution in [0.1, 0.15) is 35.7 Å². The van der Waals surface area contributed by atoms with E-state index in [2.05, 4.69) is 0 Å². The van der Waals surface area contributed by atoms with Gasteiger partial charge in [-0.1, -0.05) is 19.4 Å². The molecule has 1 aromatic rings. The van der Waals surface area contributed by atoms with E-state index in [1.54, 1.807) is 6.92 Å². The van der Waals surface area contributed by atoms with Gasteiger partial charge in [0.15, 0.2) is 0 Å². The highest BCUT2D eigenvalue weighted by atomic mass is 19.4. The fourth-order valence-electron chi connectivity index (χ4n) is 1.81. The fourth-order valence-corrected chi connectivity index (χ4v) is 1.81. The van der Waals surface area contributed by atoms with Gasteiger partial charge >= 0.3 is 6.18 Å². The first kappa shape index (κ1) is 16.5. The van der Waals surface area contributed by atoms with E-state index in [1.807, 2.05) is 6.92 Å². The molecule has 0 saturated carbocycles. The monoisotopic (exact) mass is 291 g/mol. The summed E-state index contributed by atoms with van der Waals surface area (Å²) < 4.78 is 50.7. The number of benzene rings is 1. The Hall–Kier alpha value is -1.59. The molecule has 0 heterocycles. The van der Waals surface area contributed by atoms with Crippen LogP contribution in [0.3, 0.4) is 0 Å². The van der Waals surface area contributed by atoms with Crippen LogP contribution in [0.5, 0.6) is 0 Å². The molecule has 112 valence electrons. The summed E-state index contributed by atoms with van der Waals surface area (Å²) in [5, 5.41) is 0. The molecule has 0 unspecified atom stereocenters. The fraction of sp³-hybridized carbons (Fsp3) is 0.500. The lowest BCUT2D eigenvalue weighted by Crippen LogP contribution is -2.39. The Morgan fingerprint density at radius 2 is 1.95 bits per heavy atom. The van der Waals surface area contributed by atoms with Gasteiger partial charge in [0.2, 0.25) is 0 Å². The van der Waals surface area contributed by atoms with Gasteiger partial charge < -0.3 is 4.90 Å². The molecule has 0 aliphatic rings. The molecule has 0 saturated heterocycles. The zero-order valence-electron chi connectivity index (χ0n) is 11.4. The third-order valence-electron chi connectivity index (χ3n) is 2.87. The maximum Gasteiger partial charge on any atom is 0.406 e. The van der Waals surface area contributed by atoms with E-state index in [4.69, 9.17) is 0 Å². The molecule has 0 N–H and O–H groups in total. The number of carbonyl (C=O) groups excluding carboxylic acids is 1. The van der Waals surface area contributed by atoms with E-state index in [0.29, 0.717) is 18.4 Å². The van der Waals surface area contributed by atoms with Gasteiger partial charge in [-0.2, -0.15) is 13.2 Å². The second kappa shape index (κ2) is 6.72. The number of unbranched alkanes of at least 4 members (excludes halogenated alkanes) is 1. The number of halogens is 4. The molecule has 0 fully saturated rings. The van der Waals surface area contributed by atoms with Crippen LogP contribution in [0.2, 0.25) is 0 Å². The van der Waals surface area contributed by atoms with Crippen LogP contribution in [-0.4, -0.2) is 30.1 Å². The van der Waals surface area contributed by atoms with Gasteiger partial charge in [0, 0.05) is 12.1 Å². The zero-order valence-corrected chi connectivity index (χ0v) is 11.4. The number of amides is 1. The van der Waals surface area contributed by atoms with Gasteiger partial charge in [0.05, 0.1) is 0 Å². The molecule has 0 aliphatic carbocycles. The molecule has 6 heteroatoms. The minimum atomic E-state index is -4.47. The molecule has 0 bridgehead atoms. The highest BCUT2D eigenvalue weighted by Crippen LogP contribution is 2.20. The molecular formula is C14H17F4NO. The van der Waals surface area contributed by atoms with Crippen molar-refractivity contribution in [2.45, 2.75) is 32.9 Å². The van der Waals surface area contributed by atoms with E-state index >= 15 is 0 Å².